The fourth-order valence-electron chi connectivity index (χ4n) is 2.80. The van der Waals surface area contributed by atoms with Gasteiger partial charge in [0.1, 0.15) is 5.75 Å². The van der Waals surface area contributed by atoms with E-state index in [-0.39, 0.29) is 21.7 Å². The molecule has 2 rings (SSSR count). The molecule has 0 bridgehead atoms. The quantitative estimate of drug-likeness (QED) is 0.713. The van der Waals surface area contributed by atoms with Gasteiger partial charge in [-0.2, -0.15) is 4.31 Å². The second-order valence-corrected chi connectivity index (χ2v) is 9.49. The van der Waals surface area contributed by atoms with Crippen LogP contribution in [0.15, 0.2) is 47.4 Å². The van der Waals surface area contributed by atoms with Crippen LogP contribution >= 0.6 is 0 Å². The van der Waals surface area contributed by atoms with Crippen LogP contribution in [0, 0.1) is 0 Å². The number of aromatic hydroxyl groups is 1. The molecule has 0 fully saturated rings. The van der Waals surface area contributed by atoms with Gasteiger partial charge in [-0.25, -0.2) is 8.42 Å². The lowest BCUT2D eigenvalue weighted by molar-refractivity contribution is 0.102. The lowest BCUT2D eigenvalue weighted by Crippen LogP contribution is -2.30. The molecular weight excluding hydrogens is 376 g/mol. The third-order valence-electron chi connectivity index (χ3n) is 4.57. The summed E-state index contributed by atoms with van der Waals surface area (Å²) in [5.41, 5.74) is 1.54. The van der Waals surface area contributed by atoms with Crippen molar-refractivity contribution in [2.45, 2.75) is 44.9 Å². The van der Waals surface area contributed by atoms with Crippen LogP contribution in [0.5, 0.6) is 5.75 Å². The molecule has 28 heavy (non-hydrogen) atoms. The summed E-state index contributed by atoms with van der Waals surface area (Å²) in [5, 5.41) is 12.7. The van der Waals surface area contributed by atoms with Gasteiger partial charge in [-0.1, -0.05) is 46.8 Å². The monoisotopic (exact) mass is 404 g/mol. The molecule has 0 unspecified atom stereocenters. The minimum Gasteiger partial charge on any atom is -0.506 e. The largest absolute Gasteiger partial charge is 0.506 e. The fraction of sp³-hybridized carbons (Fsp3) is 0.381. The van der Waals surface area contributed by atoms with E-state index in [0.29, 0.717) is 18.7 Å². The molecule has 1 amide bonds. The first-order valence-electron chi connectivity index (χ1n) is 9.25. The first kappa shape index (κ1) is 21.9. The van der Waals surface area contributed by atoms with Gasteiger partial charge in [0.25, 0.3) is 5.91 Å². The second kappa shape index (κ2) is 8.32. The predicted octanol–water partition coefficient (Wildman–Crippen LogP) is 3.97. The highest BCUT2D eigenvalue weighted by atomic mass is 32.2. The van der Waals surface area contributed by atoms with Gasteiger partial charge in [0.15, 0.2) is 0 Å². The highest BCUT2D eigenvalue weighted by Crippen LogP contribution is 2.29. The normalized spacial score (nSPS) is 12.2. The zero-order valence-electron chi connectivity index (χ0n) is 17.0. The van der Waals surface area contributed by atoms with E-state index in [0.717, 1.165) is 5.56 Å². The van der Waals surface area contributed by atoms with Gasteiger partial charge < -0.3 is 10.4 Å². The van der Waals surface area contributed by atoms with Gasteiger partial charge in [-0.05, 0) is 41.3 Å². The Labute approximate surface area is 167 Å². The molecule has 2 aromatic carbocycles. The maximum Gasteiger partial charge on any atom is 0.255 e. The van der Waals surface area contributed by atoms with Crippen molar-refractivity contribution in [2.75, 3.05) is 18.4 Å². The van der Waals surface area contributed by atoms with E-state index in [9.17, 15) is 18.3 Å². The second-order valence-electron chi connectivity index (χ2n) is 7.55. The number of phenolic OH excluding ortho intramolecular Hbond substituents is 1. The molecule has 2 N–H and O–H groups in total. The van der Waals surface area contributed by atoms with Crippen molar-refractivity contribution in [2.24, 2.45) is 0 Å². The third kappa shape index (κ3) is 4.72. The van der Waals surface area contributed by atoms with Gasteiger partial charge in [0, 0.05) is 18.7 Å². The van der Waals surface area contributed by atoms with Crippen molar-refractivity contribution in [3.63, 3.8) is 0 Å². The number of rotatable bonds is 6. The maximum atomic E-state index is 12.7. The van der Waals surface area contributed by atoms with Crippen LogP contribution in [0.25, 0.3) is 0 Å². The van der Waals surface area contributed by atoms with Gasteiger partial charge >= 0.3 is 0 Å². The van der Waals surface area contributed by atoms with Crippen LogP contribution in [0.4, 0.5) is 5.69 Å². The molecule has 0 spiro atoms. The topological polar surface area (TPSA) is 86.7 Å². The number of sulfonamides is 1. The molecule has 0 radical (unpaired) electrons. The SMILES string of the molecule is CCN(CC)S(=O)(=O)c1ccc(O)c(NC(=O)c2ccc(C(C)(C)C)cc2)c1. The Morgan fingerprint density at radius 3 is 2.11 bits per heavy atom. The van der Waals surface area contributed by atoms with E-state index >= 15 is 0 Å². The number of hydrogen-bond donors (Lipinski definition) is 2. The van der Waals surface area contributed by atoms with E-state index < -0.39 is 15.9 Å². The Kier molecular flexibility index (Phi) is 6.52. The smallest absolute Gasteiger partial charge is 0.255 e. The van der Waals surface area contributed by atoms with E-state index in [2.05, 4.69) is 26.1 Å². The van der Waals surface area contributed by atoms with Crippen molar-refractivity contribution in [3.8, 4) is 5.75 Å². The van der Waals surface area contributed by atoms with Crippen LogP contribution in [-0.4, -0.2) is 36.8 Å². The summed E-state index contributed by atoms with van der Waals surface area (Å²) in [6, 6.07) is 11.1. The first-order valence-corrected chi connectivity index (χ1v) is 10.7. The summed E-state index contributed by atoms with van der Waals surface area (Å²) in [5.74, 6) is -0.619. The Morgan fingerprint density at radius 1 is 1.04 bits per heavy atom. The molecule has 0 aromatic heterocycles. The zero-order valence-corrected chi connectivity index (χ0v) is 17.8. The molecule has 0 aliphatic rings. The number of benzene rings is 2. The van der Waals surface area contributed by atoms with E-state index in [1.165, 1.54) is 22.5 Å². The van der Waals surface area contributed by atoms with E-state index in [1.807, 2.05) is 12.1 Å². The lowest BCUT2D eigenvalue weighted by atomic mass is 9.87. The van der Waals surface area contributed by atoms with Crippen molar-refractivity contribution in [1.82, 2.24) is 4.31 Å². The van der Waals surface area contributed by atoms with Crippen LogP contribution in [0.3, 0.4) is 0 Å². The Balaban J connectivity index is 2.30. The molecule has 7 heteroatoms. The summed E-state index contributed by atoms with van der Waals surface area (Å²) >= 11 is 0. The summed E-state index contributed by atoms with van der Waals surface area (Å²) < 4.78 is 26.7. The Hall–Kier alpha value is -2.38. The number of amides is 1. The highest BCUT2D eigenvalue weighted by Gasteiger charge is 2.23. The van der Waals surface area contributed by atoms with Gasteiger partial charge in [0.2, 0.25) is 10.0 Å². The molecule has 0 heterocycles. The van der Waals surface area contributed by atoms with Gasteiger partial charge in [-0.15, -0.1) is 0 Å². The van der Waals surface area contributed by atoms with Crippen LogP contribution in [0.1, 0.15) is 50.5 Å². The molecule has 6 nitrogen and oxygen atoms in total. The molecule has 0 aliphatic heterocycles. The van der Waals surface area contributed by atoms with Gasteiger partial charge in [0.05, 0.1) is 10.6 Å². The van der Waals surface area contributed by atoms with Crippen molar-refractivity contribution >= 4 is 21.6 Å². The molecule has 0 aliphatic carbocycles. The molecular formula is C21H28N2O4S. The molecule has 2 aromatic rings. The third-order valence-corrected chi connectivity index (χ3v) is 6.62. The minimum absolute atomic E-state index is 0.0207. The fourth-order valence-corrected chi connectivity index (χ4v) is 4.29. The molecule has 0 saturated carbocycles. The van der Waals surface area contributed by atoms with Crippen LogP contribution in [0.2, 0.25) is 0 Å². The average molecular weight is 405 g/mol. The number of phenols is 1. The first-order chi connectivity index (χ1) is 13.0. The zero-order chi connectivity index (χ0) is 21.1. The summed E-state index contributed by atoms with van der Waals surface area (Å²) in [6.45, 7) is 10.4. The Bertz CT molecular complexity index is 941. The van der Waals surface area contributed by atoms with E-state index in [1.54, 1.807) is 26.0 Å². The summed E-state index contributed by atoms with van der Waals surface area (Å²) in [7, 11) is -3.69. The maximum absolute atomic E-state index is 12.7. The van der Waals surface area contributed by atoms with Crippen LogP contribution < -0.4 is 5.32 Å². The van der Waals surface area contributed by atoms with Gasteiger partial charge in [-0.3, -0.25) is 4.79 Å². The lowest BCUT2D eigenvalue weighted by Gasteiger charge is -2.20. The number of carbonyl (C=O) groups excluding carboxylic acids is 1. The van der Waals surface area contributed by atoms with Crippen molar-refractivity contribution < 1.29 is 18.3 Å². The number of nitrogens with one attached hydrogen (secondary N) is 1. The standard InChI is InChI=1S/C21H28N2O4S/c1-6-23(7-2)28(26,27)17-12-13-19(24)18(14-17)22-20(25)15-8-10-16(11-9-15)21(3,4)5/h8-14,24H,6-7H2,1-5H3,(H,22,25). The predicted molar refractivity (Wildman–Crippen MR) is 111 cm³/mol. The Morgan fingerprint density at radius 2 is 1.61 bits per heavy atom. The van der Waals surface area contributed by atoms with Crippen molar-refractivity contribution in [1.29, 1.82) is 0 Å². The summed E-state index contributed by atoms with van der Waals surface area (Å²) in [4.78, 5) is 12.6. The molecule has 0 saturated heterocycles. The van der Waals surface area contributed by atoms with Crippen LogP contribution in [-0.2, 0) is 15.4 Å². The molecule has 0 atom stereocenters. The number of nitrogens with zero attached hydrogens (tertiary/aromatic N) is 1. The number of hydrogen-bond acceptors (Lipinski definition) is 4. The minimum atomic E-state index is -3.69. The average Bonchev–Trinajstić information content (AvgIpc) is 2.63. The summed E-state index contributed by atoms with van der Waals surface area (Å²) in [6.07, 6.45) is 0. The molecule has 152 valence electrons. The number of carbonyl (C=O) groups is 1. The van der Waals surface area contributed by atoms with E-state index in [4.69, 9.17) is 0 Å². The number of anilines is 1. The highest BCUT2D eigenvalue weighted by molar-refractivity contribution is 7.89. The van der Waals surface area contributed by atoms with Crippen molar-refractivity contribution in [3.05, 3.63) is 53.6 Å².